The molecular weight excluding hydrogens is 260 g/mol. The predicted octanol–water partition coefficient (Wildman–Crippen LogP) is 1.24. The Kier molecular flexibility index (Phi) is 6.83. The first-order chi connectivity index (χ1) is 9.56. The summed E-state index contributed by atoms with van der Waals surface area (Å²) in [6.45, 7) is 4.66. The van der Waals surface area contributed by atoms with Crippen LogP contribution in [0.3, 0.4) is 0 Å². The van der Waals surface area contributed by atoms with Crippen molar-refractivity contribution in [1.82, 2.24) is 5.32 Å². The smallest absolute Gasteiger partial charge is 0.161 e. The van der Waals surface area contributed by atoms with E-state index in [0.717, 1.165) is 0 Å². The fraction of sp³-hybridized carbons (Fsp3) is 0.500. The van der Waals surface area contributed by atoms with Crippen LogP contribution < -0.4 is 14.8 Å². The number of hydrogen-bond donors (Lipinski definition) is 3. The summed E-state index contributed by atoms with van der Waals surface area (Å²) in [6.07, 6.45) is 0.703. The molecule has 1 atom stereocenters. The number of methoxy groups -OCH3 is 1. The van der Waals surface area contributed by atoms with E-state index >= 15 is 0 Å². The number of benzene rings is 1. The van der Waals surface area contributed by atoms with Crippen LogP contribution in [0.4, 0.5) is 0 Å². The average Bonchev–Trinajstić information content (AvgIpc) is 2.43. The Balaban J connectivity index is 2.58. The van der Waals surface area contributed by atoms with Gasteiger partial charge in [-0.3, -0.25) is 0 Å². The van der Waals surface area contributed by atoms with Crippen LogP contribution >= 0.6 is 0 Å². The summed E-state index contributed by atoms with van der Waals surface area (Å²) in [6, 6.07) is 5.44. The maximum atomic E-state index is 9.78. The van der Waals surface area contributed by atoms with Crippen molar-refractivity contribution in [2.45, 2.75) is 26.0 Å². The van der Waals surface area contributed by atoms with Gasteiger partial charge in [0.1, 0.15) is 12.7 Å². The van der Waals surface area contributed by atoms with E-state index in [4.69, 9.17) is 14.7 Å². The molecule has 1 aromatic rings. The maximum absolute atomic E-state index is 9.78. The van der Waals surface area contributed by atoms with Crippen molar-refractivity contribution in [2.24, 2.45) is 5.16 Å². The van der Waals surface area contributed by atoms with Gasteiger partial charge in [-0.1, -0.05) is 19.0 Å². The third kappa shape index (κ3) is 5.46. The van der Waals surface area contributed by atoms with Gasteiger partial charge in [-0.05, 0) is 18.2 Å². The first-order valence-corrected chi connectivity index (χ1v) is 6.46. The molecule has 1 unspecified atom stereocenters. The summed E-state index contributed by atoms with van der Waals surface area (Å²) >= 11 is 0. The summed E-state index contributed by atoms with van der Waals surface area (Å²) < 4.78 is 10.7. The second kappa shape index (κ2) is 8.39. The predicted molar refractivity (Wildman–Crippen MR) is 77.0 cm³/mol. The van der Waals surface area contributed by atoms with Gasteiger partial charge in [-0.15, -0.1) is 0 Å². The quantitative estimate of drug-likeness (QED) is 0.379. The summed E-state index contributed by atoms with van der Waals surface area (Å²) in [5.41, 5.74) is 0.693. The lowest BCUT2D eigenvalue weighted by atomic mass is 10.2. The van der Waals surface area contributed by atoms with Crippen LogP contribution in [0.25, 0.3) is 0 Å². The number of hydrogen-bond acceptors (Lipinski definition) is 6. The highest BCUT2D eigenvalue weighted by Crippen LogP contribution is 2.27. The monoisotopic (exact) mass is 282 g/mol. The van der Waals surface area contributed by atoms with Crippen molar-refractivity contribution in [3.8, 4) is 11.5 Å². The molecule has 0 amide bonds. The fourth-order valence-electron chi connectivity index (χ4n) is 1.57. The lowest BCUT2D eigenvalue weighted by Gasteiger charge is -2.16. The number of aliphatic hydroxyl groups excluding tert-OH is 1. The van der Waals surface area contributed by atoms with E-state index in [0.29, 0.717) is 29.6 Å². The van der Waals surface area contributed by atoms with Crippen molar-refractivity contribution < 1.29 is 19.8 Å². The van der Waals surface area contributed by atoms with Gasteiger partial charge in [0.15, 0.2) is 11.5 Å². The van der Waals surface area contributed by atoms with Crippen LogP contribution in [-0.2, 0) is 0 Å². The Morgan fingerprint density at radius 2 is 2.10 bits per heavy atom. The highest BCUT2D eigenvalue weighted by atomic mass is 16.5. The molecule has 1 aromatic carbocycles. The molecule has 0 fully saturated rings. The number of ether oxygens (including phenoxy) is 2. The summed E-state index contributed by atoms with van der Waals surface area (Å²) in [5, 5.41) is 24.4. The molecule has 0 aliphatic heterocycles. The third-order valence-corrected chi connectivity index (χ3v) is 2.59. The molecule has 0 spiro atoms. The summed E-state index contributed by atoms with van der Waals surface area (Å²) in [7, 11) is 1.53. The molecule has 0 bridgehead atoms. The van der Waals surface area contributed by atoms with Gasteiger partial charge in [0.25, 0.3) is 0 Å². The molecule has 1 rings (SSSR count). The Morgan fingerprint density at radius 1 is 1.35 bits per heavy atom. The van der Waals surface area contributed by atoms with Gasteiger partial charge in [0, 0.05) is 18.2 Å². The molecule has 0 saturated carbocycles. The van der Waals surface area contributed by atoms with Gasteiger partial charge < -0.3 is 25.1 Å². The molecule has 6 heteroatoms. The van der Waals surface area contributed by atoms with Gasteiger partial charge in [0.2, 0.25) is 0 Å². The zero-order chi connectivity index (χ0) is 15.0. The van der Waals surface area contributed by atoms with Crippen molar-refractivity contribution in [2.75, 3.05) is 20.3 Å². The number of oxime groups is 1. The lowest BCUT2D eigenvalue weighted by molar-refractivity contribution is 0.103. The second-order valence-electron chi connectivity index (χ2n) is 4.68. The van der Waals surface area contributed by atoms with Gasteiger partial charge in [0.05, 0.1) is 13.3 Å². The molecular formula is C14H22N2O4. The number of aliphatic hydroxyl groups is 1. The summed E-state index contributed by atoms with van der Waals surface area (Å²) in [5.74, 6) is 1.05. The van der Waals surface area contributed by atoms with Crippen molar-refractivity contribution in [3.05, 3.63) is 23.8 Å². The van der Waals surface area contributed by atoms with Crippen LogP contribution in [0.2, 0.25) is 0 Å². The molecule has 20 heavy (non-hydrogen) atoms. The van der Waals surface area contributed by atoms with Crippen LogP contribution in [0, 0.1) is 0 Å². The maximum Gasteiger partial charge on any atom is 0.161 e. The summed E-state index contributed by atoms with van der Waals surface area (Å²) in [4.78, 5) is 0. The van der Waals surface area contributed by atoms with E-state index in [2.05, 4.69) is 10.5 Å². The number of rotatable bonds is 8. The first-order valence-electron chi connectivity index (χ1n) is 6.46. The topological polar surface area (TPSA) is 83.3 Å². The molecule has 0 aliphatic rings. The molecule has 0 aromatic heterocycles. The highest BCUT2D eigenvalue weighted by molar-refractivity contribution is 5.80. The van der Waals surface area contributed by atoms with Crippen LogP contribution in [0.1, 0.15) is 19.4 Å². The molecule has 0 aliphatic carbocycles. The zero-order valence-electron chi connectivity index (χ0n) is 12.0. The average molecular weight is 282 g/mol. The molecule has 0 saturated heterocycles. The first kappa shape index (κ1) is 16.3. The largest absolute Gasteiger partial charge is 0.493 e. The van der Waals surface area contributed by atoms with E-state index < -0.39 is 6.10 Å². The van der Waals surface area contributed by atoms with Crippen molar-refractivity contribution in [3.63, 3.8) is 0 Å². The molecule has 0 radical (unpaired) electrons. The highest BCUT2D eigenvalue weighted by Gasteiger charge is 2.09. The second-order valence-corrected chi connectivity index (χ2v) is 4.68. The minimum absolute atomic E-state index is 0.170. The van der Waals surface area contributed by atoms with Crippen LogP contribution in [0.15, 0.2) is 23.4 Å². The normalized spacial score (nSPS) is 12.8. The third-order valence-electron chi connectivity index (χ3n) is 2.59. The Hall–Kier alpha value is -1.79. The number of nitrogens with one attached hydrogen (secondary N) is 1. The van der Waals surface area contributed by atoms with Gasteiger partial charge in [-0.2, -0.15) is 0 Å². The lowest BCUT2D eigenvalue weighted by Crippen LogP contribution is -2.35. The van der Waals surface area contributed by atoms with Gasteiger partial charge in [-0.25, -0.2) is 0 Å². The Labute approximate surface area is 119 Å². The van der Waals surface area contributed by atoms with E-state index in [1.54, 1.807) is 18.2 Å². The van der Waals surface area contributed by atoms with Crippen molar-refractivity contribution >= 4 is 6.21 Å². The minimum atomic E-state index is -0.596. The van der Waals surface area contributed by atoms with E-state index in [1.165, 1.54) is 13.3 Å². The Bertz CT molecular complexity index is 435. The van der Waals surface area contributed by atoms with Crippen LogP contribution in [0.5, 0.6) is 11.5 Å². The molecule has 112 valence electrons. The number of nitrogens with zero attached hydrogens (tertiary/aromatic N) is 1. The standard InChI is InChI=1S/C14H22N2O4/c1-10(2)15-8-12(17)9-20-13-5-4-11(7-16-18)6-14(13)19-3/h4-7,10,12,15,17-18H,8-9H2,1-3H3/b16-7+. The van der Waals surface area contributed by atoms with Gasteiger partial charge >= 0.3 is 0 Å². The SMILES string of the molecule is COc1cc(/C=N/O)ccc1OCC(O)CNC(C)C. The molecule has 0 heterocycles. The van der Waals surface area contributed by atoms with E-state index in [1.807, 2.05) is 13.8 Å². The van der Waals surface area contributed by atoms with Crippen molar-refractivity contribution in [1.29, 1.82) is 0 Å². The Morgan fingerprint density at radius 3 is 2.70 bits per heavy atom. The molecule has 6 nitrogen and oxygen atoms in total. The minimum Gasteiger partial charge on any atom is -0.493 e. The van der Waals surface area contributed by atoms with E-state index in [9.17, 15) is 5.11 Å². The molecule has 3 N–H and O–H groups in total. The van der Waals surface area contributed by atoms with Crippen LogP contribution in [-0.4, -0.2) is 48.9 Å². The van der Waals surface area contributed by atoms with E-state index in [-0.39, 0.29) is 6.61 Å². The zero-order valence-corrected chi connectivity index (χ0v) is 12.0. The fourth-order valence-corrected chi connectivity index (χ4v) is 1.57.